The Bertz CT molecular complexity index is 472. The second-order valence-electron chi connectivity index (χ2n) is 8.52. The van der Waals surface area contributed by atoms with Crippen molar-refractivity contribution in [2.75, 3.05) is 0 Å². The first-order valence-electron chi connectivity index (χ1n) is 9.03. The van der Waals surface area contributed by atoms with Gasteiger partial charge in [0.1, 0.15) is 0 Å². The molecule has 0 radical (unpaired) electrons. The Kier molecular flexibility index (Phi) is 3.15. The summed E-state index contributed by atoms with van der Waals surface area (Å²) in [6.45, 7) is 7.11. The maximum absolute atomic E-state index is 6.68. The standard InChI is InChI=1S/C18H29BO2/c1-16(2)14-11-12-17(3)18(16,13-14)21-19(20-17)15-9-7-5-4-6-8-10-15/h9,14H,4-8,10-13H2,1-3H3/b15-9+. The van der Waals surface area contributed by atoms with Gasteiger partial charge in [-0.15, -0.1) is 0 Å². The number of hydrogen-bond acceptors (Lipinski definition) is 2. The van der Waals surface area contributed by atoms with Gasteiger partial charge < -0.3 is 9.31 Å². The molecule has 0 aromatic carbocycles. The lowest BCUT2D eigenvalue weighted by Gasteiger charge is -2.68. The predicted molar refractivity (Wildman–Crippen MR) is 86.0 cm³/mol. The SMILES string of the molecule is CC12CCC3CC1(OB(/C1=C/CCCCCC1)O2)C3(C)C. The summed E-state index contributed by atoms with van der Waals surface area (Å²) in [5.41, 5.74) is 1.60. The molecular formula is C18H29BO2. The van der Waals surface area contributed by atoms with Crippen molar-refractivity contribution in [3.05, 3.63) is 11.5 Å². The van der Waals surface area contributed by atoms with E-state index in [0.29, 0.717) is 0 Å². The van der Waals surface area contributed by atoms with E-state index >= 15 is 0 Å². The minimum Gasteiger partial charge on any atom is -0.399 e. The number of fused-ring (bicyclic) bond motifs is 1. The van der Waals surface area contributed by atoms with Gasteiger partial charge in [0.15, 0.2) is 0 Å². The molecule has 1 heterocycles. The van der Waals surface area contributed by atoms with Crippen LogP contribution in [-0.4, -0.2) is 18.3 Å². The molecule has 3 saturated carbocycles. The first kappa shape index (κ1) is 14.3. The lowest BCUT2D eigenvalue weighted by atomic mass is 9.41. The van der Waals surface area contributed by atoms with Crippen LogP contribution in [0.3, 0.4) is 0 Å². The van der Waals surface area contributed by atoms with E-state index in [-0.39, 0.29) is 23.7 Å². The van der Waals surface area contributed by atoms with Crippen LogP contribution in [0.5, 0.6) is 0 Å². The third-order valence-corrected chi connectivity index (χ3v) is 7.22. The fourth-order valence-corrected chi connectivity index (χ4v) is 5.58. The van der Waals surface area contributed by atoms with Crippen LogP contribution in [0.2, 0.25) is 0 Å². The molecule has 1 aliphatic heterocycles. The van der Waals surface area contributed by atoms with Crippen molar-refractivity contribution in [2.45, 2.75) is 89.8 Å². The highest BCUT2D eigenvalue weighted by Crippen LogP contribution is 2.70. The van der Waals surface area contributed by atoms with Gasteiger partial charge in [0.2, 0.25) is 0 Å². The largest absolute Gasteiger partial charge is 0.490 e. The molecule has 1 saturated heterocycles. The van der Waals surface area contributed by atoms with Gasteiger partial charge in [-0.2, -0.15) is 0 Å². The third-order valence-electron chi connectivity index (χ3n) is 7.22. The second-order valence-corrected chi connectivity index (χ2v) is 8.52. The molecule has 2 bridgehead atoms. The second kappa shape index (κ2) is 4.61. The van der Waals surface area contributed by atoms with Crippen molar-refractivity contribution in [1.82, 2.24) is 0 Å². The van der Waals surface area contributed by atoms with Crippen LogP contribution in [-0.2, 0) is 9.31 Å². The summed E-state index contributed by atoms with van der Waals surface area (Å²) in [5.74, 6) is 0.833. The molecule has 5 rings (SSSR count). The third kappa shape index (κ3) is 1.80. The van der Waals surface area contributed by atoms with Crippen molar-refractivity contribution < 1.29 is 9.31 Å². The molecule has 3 atom stereocenters. The Hall–Kier alpha value is -0.275. The zero-order chi connectivity index (χ0) is 14.7. The van der Waals surface area contributed by atoms with Crippen LogP contribution in [0.15, 0.2) is 11.5 Å². The highest BCUT2D eigenvalue weighted by Gasteiger charge is 2.76. The average Bonchev–Trinajstić information content (AvgIpc) is 2.73. The normalized spacial score (nSPS) is 47.7. The van der Waals surface area contributed by atoms with E-state index in [1.807, 2.05) is 0 Å². The Morgan fingerprint density at radius 3 is 2.67 bits per heavy atom. The van der Waals surface area contributed by atoms with Crippen molar-refractivity contribution >= 4 is 7.12 Å². The molecule has 1 spiro atoms. The van der Waals surface area contributed by atoms with Crippen molar-refractivity contribution in [1.29, 1.82) is 0 Å². The van der Waals surface area contributed by atoms with Crippen LogP contribution in [0.1, 0.15) is 78.6 Å². The summed E-state index contributed by atoms with van der Waals surface area (Å²) in [5, 5.41) is 0. The van der Waals surface area contributed by atoms with Gasteiger partial charge in [-0.3, -0.25) is 0 Å². The van der Waals surface area contributed by atoms with E-state index < -0.39 is 0 Å². The van der Waals surface area contributed by atoms with Crippen LogP contribution < -0.4 is 0 Å². The van der Waals surface area contributed by atoms with Crippen LogP contribution in [0.4, 0.5) is 0 Å². The van der Waals surface area contributed by atoms with E-state index in [1.54, 1.807) is 0 Å². The molecule has 3 heteroatoms. The van der Waals surface area contributed by atoms with Gasteiger partial charge in [0.25, 0.3) is 0 Å². The summed E-state index contributed by atoms with van der Waals surface area (Å²) in [4.78, 5) is 0. The summed E-state index contributed by atoms with van der Waals surface area (Å²) in [7, 11) is -0.0635. The predicted octanol–water partition coefficient (Wildman–Crippen LogP) is 4.68. The average molecular weight is 288 g/mol. The molecule has 4 aliphatic carbocycles. The molecule has 2 nitrogen and oxygen atoms in total. The van der Waals surface area contributed by atoms with E-state index in [0.717, 1.165) is 5.92 Å². The van der Waals surface area contributed by atoms with E-state index in [4.69, 9.17) is 9.31 Å². The monoisotopic (exact) mass is 288 g/mol. The van der Waals surface area contributed by atoms with E-state index in [1.165, 1.54) is 63.3 Å². The molecule has 21 heavy (non-hydrogen) atoms. The van der Waals surface area contributed by atoms with Gasteiger partial charge >= 0.3 is 7.12 Å². The van der Waals surface area contributed by atoms with E-state index in [9.17, 15) is 0 Å². The summed E-state index contributed by atoms with van der Waals surface area (Å²) in [6, 6.07) is 0. The minimum atomic E-state index is -0.0703. The zero-order valence-corrected chi connectivity index (χ0v) is 13.9. The number of allylic oxidation sites excluding steroid dienone is 2. The lowest BCUT2D eigenvalue weighted by molar-refractivity contribution is -0.257. The van der Waals surface area contributed by atoms with Crippen LogP contribution in [0.25, 0.3) is 0 Å². The van der Waals surface area contributed by atoms with Gasteiger partial charge in [0.05, 0.1) is 11.2 Å². The Labute approximate surface area is 129 Å². The molecule has 3 unspecified atom stereocenters. The van der Waals surface area contributed by atoms with Crippen molar-refractivity contribution in [3.8, 4) is 0 Å². The quantitative estimate of drug-likeness (QED) is 0.652. The Morgan fingerprint density at radius 1 is 1.10 bits per heavy atom. The molecular weight excluding hydrogens is 259 g/mol. The first-order valence-corrected chi connectivity index (χ1v) is 9.03. The fourth-order valence-electron chi connectivity index (χ4n) is 5.58. The molecule has 5 aliphatic rings. The number of rotatable bonds is 1. The molecule has 0 aromatic heterocycles. The highest BCUT2D eigenvalue weighted by atomic mass is 16.7. The molecule has 116 valence electrons. The van der Waals surface area contributed by atoms with Gasteiger partial charge in [-0.25, -0.2) is 0 Å². The maximum Gasteiger partial charge on any atom is 0.490 e. The molecule has 0 aromatic rings. The Morgan fingerprint density at radius 2 is 1.90 bits per heavy atom. The van der Waals surface area contributed by atoms with Gasteiger partial charge in [-0.1, -0.05) is 39.2 Å². The van der Waals surface area contributed by atoms with Crippen LogP contribution in [0, 0.1) is 11.3 Å². The minimum absolute atomic E-state index is 0.0310. The smallest absolute Gasteiger partial charge is 0.399 e. The summed E-state index contributed by atoms with van der Waals surface area (Å²) < 4.78 is 13.3. The van der Waals surface area contributed by atoms with Crippen LogP contribution >= 0.6 is 0 Å². The van der Waals surface area contributed by atoms with Gasteiger partial charge in [-0.05, 0) is 62.3 Å². The number of hydrogen-bond donors (Lipinski definition) is 0. The van der Waals surface area contributed by atoms with Crippen molar-refractivity contribution in [3.63, 3.8) is 0 Å². The van der Waals surface area contributed by atoms with Gasteiger partial charge in [0, 0.05) is 0 Å². The maximum atomic E-state index is 6.68. The molecule has 4 fully saturated rings. The summed E-state index contributed by atoms with van der Waals surface area (Å²) >= 11 is 0. The Balaban J connectivity index is 1.61. The van der Waals surface area contributed by atoms with Crippen molar-refractivity contribution in [2.24, 2.45) is 11.3 Å². The fraction of sp³-hybridized carbons (Fsp3) is 0.889. The topological polar surface area (TPSA) is 18.5 Å². The lowest BCUT2D eigenvalue weighted by Crippen LogP contribution is -2.73. The zero-order valence-electron chi connectivity index (χ0n) is 13.9. The van der Waals surface area contributed by atoms with E-state index in [2.05, 4.69) is 26.8 Å². The molecule has 0 amide bonds. The first-order chi connectivity index (χ1) is 9.99. The highest BCUT2D eigenvalue weighted by molar-refractivity contribution is 6.54. The molecule has 0 N–H and O–H groups in total. The summed E-state index contributed by atoms with van der Waals surface area (Å²) in [6.07, 6.45) is 13.8.